The molecule has 2 aliphatic carbocycles. The van der Waals surface area contributed by atoms with E-state index in [0.717, 1.165) is 5.92 Å². The molecule has 0 aromatic carbocycles. The van der Waals surface area contributed by atoms with Gasteiger partial charge in [0.15, 0.2) is 0 Å². The quantitative estimate of drug-likeness (QED) is 0.549. The molecule has 2 fully saturated rings. The van der Waals surface area contributed by atoms with Gasteiger partial charge >= 0.3 is 0 Å². The Labute approximate surface area is 102 Å². The zero-order valence-electron chi connectivity index (χ0n) is 10.8. The van der Waals surface area contributed by atoms with Crippen LogP contribution in [0, 0.1) is 18.3 Å². The van der Waals surface area contributed by atoms with Gasteiger partial charge in [0.05, 0.1) is 0 Å². The van der Waals surface area contributed by atoms with Crippen molar-refractivity contribution in [3.8, 4) is 0 Å². The van der Waals surface area contributed by atoms with Crippen LogP contribution in [-0.4, -0.2) is 0 Å². The van der Waals surface area contributed by atoms with Gasteiger partial charge in [0.2, 0.25) is 0 Å². The Morgan fingerprint density at radius 1 is 0.688 bits per heavy atom. The lowest BCUT2D eigenvalue weighted by Crippen LogP contribution is -2.15. The van der Waals surface area contributed by atoms with Crippen molar-refractivity contribution in [2.75, 3.05) is 0 Å². The maximum absolute atomic E-state index is 2.54. The number of hydrogen-bond acceptors (Lipinski definition) is 0. The maximum atomic E-state index is 2.54. The SMILES string of the molecule is [CH]1CCCCC([C]2CCCCCCC2)CC1. The van der Waals surface area contributed by atoms with E-state index in [-0.39, 0.29) is 0 Å². The van der Waals surface area contributed by atoms with E-state index in [1.165, 1.54) is 83.5 Å². The van der Waals surface area contributed by atoms with Crippen molar-refractivity contribution in [3.05, 3.63) is 12.3 Å². The first kappa shape index (κ1) is 12.5. The van der Waals surface area contributed by atoms with Crippen LogP contribution in [0.1, 0.15) is 83.5 Å². The molecule has 0 nitrogen and oxygen atoms in total. The van der Waals surface area contributed by atoms with Crippen molar-refractivity contribution in [2.24, 2.45) is 5.92 Å². The van der Waals surface area contributed by atoms with E-state index in [1.54, 1.807) is 0 Å². The highest BCUT2D eigenvalue weighted by Gasteiger charge is 2.22. The molecule has 92 valence electrons. The van der Waals surface area contributed by atoms with Crippen molar-refractivity contribution < 1.29 is 0 Å². The monoisotopic (exact) mass is 220 g/mol. The Bertz CT molecular complexity index is 137. The normalized spacial score (nSPS) is 27.8. The van der Waals surface area contributed by atoms with Gasteiger partial charge in [-0.25, -0.2) is 0 Å². The molecule has 2 aliphatic rings. The van der Waals surface area contributed by atoms with Crippen molar-refractivity contribution in [1.82, 2.24) is 0 Å². The predicted octanol–water partition coefficient (Wildman–Crippen LogP) is 5.48. The van der Waals surface area contributed by atoms with Crippen LogP contribution in [0.2, 0.25) is 0 Å². The summed E-state index contributed by atoms with van der Waals surface area (Å²) in [6.45, 7) is 0. The summed E-state index contributed by atoms with van der Waals surface area (Å²) >= 11 is 0. The van der Waals surface area contributed by atoms with Crippen LogP contribution in [0.3, 0.4) is 0 Å². The molecule has 0 heteroatoms. The molecule has 2 saturated carbocycles. The Morgan fingerprint density at radius 3 is 2.25 bits per heavy atom. The third-order valence-electron chi connectivity index (χ3n) is 4.50. The average molecular weight is 220 g/mol. The molecule has 0 amide bonds. The van der Waals surface area contributed by atoms with Crippen LogP contribution in [0.25, 0.3) is 0 Å². The summed E-state index contributed by atoms with van der Waals surface area (Å²) < 4.78 is 0. The highest BCUT2D eigenvalue weighted by Crippen LogP contribution is 2.37. The molecule has 0 bridgehead atoms. The van der Waals surface area contributed by atoms with Gasteiger partial charge in [-0.1, -0.05) is 51.4 Å². The van der Waals surface area contributed by atoms with Gasteiger partial charge < -0.3 is 0 Å². The van der Waals surface area contributed by atoms with Gasteiger partial charge in [0.1, 0.15) is 0 Å². The molecule has 2 rings (SSSR count). The minimum Gasteiger partial charge on any atom is -0.0533 e. The van der Waals surface area contributed by atoms with Gasteiger partial charge in [0, 0.05) is 0 Å². The molecule has 1 atom stereocenters. The van der Waals surface area contributed by atoms with E-state index in [4.69, 9.17) is 0 Å². The first-order valence-corrected chi connectivity index (χ1v) is 7.63. The summed E-state index contributed by atoms with van der Waals surface area (Å²) in [6.07, 6.45) is 21.6. The van der Waals surface area contributed by atoms with Crippen LogP contribution in [0.15, 0.2) is 0 Å². The van der Waals surface area contributed by atoms with Crippen molar-refractivity contribution in [2.45, 2.75) is 83.5 Å². The Hall–Kier alpha value is 0. The Morgan fingerprint density at radius 2 is 1.44 bits per heavy atom. The average Bonchev–Trinajstić information content (AvgIpc) is 2.18. The molecule has 0 aliphatic heterocycles. The lowest BCUT2D eigenvalue weighted by atomic mass is 9.76. The van der Waals surface area contributed by atoms with Gasteiger partial charge in [0.25, 0.3) is 0 Å². The minimum absolute atomic E-state index is 0.995. The molecule has 0 aromatic heterocycles. The number of hydrogen-bond donors (Lipinski definition) is 0. The van der Waals surface area contributed by atoms with Crippen molar-refractivity contribution in [1.29, 1.82) is 0 Å². The molecule has 0 saturated heterocycles. The van der Waals surface area contributed by atoms with Crippen LogP contribution in [-0.2, 0) is 0 Å². The smallest absolute Gasteiger partial charge is 0.0210 e. The standard InChI is InChI=1S/C16H28/c1-3-7-11-15(12-8-4-1)16-13-9-5-2-6-10-14-16/h3,15H,1-2,4-14H2. The topological polar surface area (TPSA) is 0 Å². The summed E-state index contributed by atoms with van der Waals surface area (Å²) in [5.41, 5.74) is 0. The molecule has 2 radical (unpaired) electrons. The molecule has 1 unspecified atom stereocenters. The van der Waals surface area contributed by atoms with Crippen molar-refractivity contribution in [3.63, 3.8) is 0 Å². The highest BCUT2D eigenvalue weighted by atomic mass is 14.3. The summed E-state index contributed by atoms with van der Waals surface area (Å²) in [5, 5.41) is 0. The van der Waals surface area contributed by atoms with E-state index in [9.17, 15) is 0 Å². The van der Waals surface area contributed by atoms with E-state index in [2.05, 4.69) is 6.42 Å². The minimum atomic E-state index is 0.995. The maximum Gasteiger partial charge on any atom is -0.0210 e. The summed E-state index contributed by atoms with van der Waals surface area (Å²) in [5.74, 6) is 2.95. The summed E-state index contributed by atoms with van der Waals surface area (Å²) in [4.78, 5) is 0. The summed E-state index contributed by atoms with van der Waals surface area (Å²) in [6, 6.07) is 0. The largest absolute Gasteiger partial charge is 0.0533 e. The first-order chi connectivity index (χ1) is 7.97. The Balaban J connectivity index is 1.81. The fourth-order valence-corrected chi connectivity index (χ4v) is 3.46. The lowest BCUT2D eigenvalue weighted by Gasteiger charge is -2.29. The van der Waals surface area contributed by atoms with E-state index >= 15 is 0 Å². The fourth-order valence-electron chi connectivity index (χ4n) is 3.46. The fraction of sp³-hybridized carbons (Fsp3) is 0.875. The van der Waals surface area contributed by atoms with Gasteiger partial charge in [-0.3, -0.25) is 0 Å². The van der Waals surface area contributed by atoms with E-state index in [1.807, 2.05) is 5.92 Å². The number of rotatable bonds is 1. The third kappa shape index (κ3) is 4.11. The lowest BCUT2D eigenvalue weighted by molar-refractivity contribution is 0.365. The molecular formula is C16H28. The highest BCUT2D eigenvalue weighted by molar-refractivity contribution is 4.98. The van der Waals surface area contributed by atoms with Gasteiger partial charge in [-0.05, 0) is 50.4 Å². The molecule has 0 heterocycles. The predicted molar refractivity (Wildman–Crippen MR) is 71.1 cm³/mol. The molecular weight excluding hydrogens is 192 g/mol. The first-order valence-electron chi connectivity index (χ1n) is 7.63. The zero-order valence-corrected chi connectivity index (χ0v) is 10.8. The van der Waals surface area contributed by atoms with E-state index in [0.29, 0.717) is 0 Å². The van der Waals surface area contributed by atoms with Crippen LogP contribution >= 0.6 is 0 Å². The Kier molecular flexibility index (Phi) is 5.72. The molecule has 16 heavy (non-hydrogen) atoms. The third-order valence-corrected chi connectivity index (χ3v) is 4.50. The molecule has 0 N–H and O–H groups in total. The van der Waals surface area contributed by atoms with Crippen LogP contribution < -0.4 is 0 Å². The van der Waals surface area contributed by atoms with Gasteiger partial charge in [-0.15, -0.1) is 0 Å². The summed E-state index contributed by atoms with van der Waals surface area (Å²) in [7, 11) is 0. The van der Waals surface area contributed by atoms with Crippen LogP contribution in [0.5, 0.6) is 0 Å². The second-order valence-corrected chi connectivity index (χ2v) is 5.77. The second-order valence-electron chi connectivity index (χ2n) is 5.77. The molecule has 0 aromatic rings. The van der Waals surface area contributed by atoms with Gasteiger partial charge in [-0.2, -0.15) is 0 Å². The van der Waals surface area contributed by atoms with Crippen LogP contribution in [0.4, 0.5) is 0 Å². The van der Waals surface area contributed by atoms with Crippen molar-refractivity contribution >= 4 is 0 Å². The molecule has 0 spiro atoms. The van der Waals surface area contributed by atoms with E-state index < -0.39 is 0 Å². The second kappa shape index (κ2) is 7.35. The zero-order chi connectivity index (χ0) is 11.1.